The van der Waals surface area contributed by atoms with Crippen LogP contribution in [-0.2, 0) is 14.3 Å². The molecule has 4 unspecified atom stereocenters. The predicted molar refractivity (Wildman–Crippen MR) is 188 cm³/mol. The highest BCUT2D eigenvalue weighted by molar-refractivity contribution is 6.30. The van der Waals surface area contributed by atoms with Crippen LogP contribution in [0.25, 0.3) is 0 Å². The second kappa shape index (κ2) is 18.2. The third-order valence-electron chi connectivity index (χ3n) is 8.51. The molecule has 0 spiro atoms. The molecule has 12 nitrogen and oxygen atoms in total. The van der Waals surface area contributed by atoms with E-state index in [1.165, 1.54) is 13.2 Å². The maximum Gasteiger partial charge on any atom is 0.304 e. The molecule has 3 heterocycles. The zero-order chi connectivity index (χ0) is 38.1. The number of aliphatic hydroxyl groups excluding tert-OH is 2. The first-order valence-corrected chi connectivity index (χ1v) is 16.9. The van der Waals surface area contributed by atoms with Gasteiger partial charge in [-0.05, 0) is 64.9 Å². The Morgan fingerprint density at radius 1 is 1.00 bits per heavy atom. The maximum atomic E-state index is 13.5. The quantitative estimate of drug-likeness (QED) is 0.255. The van der Waals surface area contributed by atoms with Gasteiger partial charge >= 0.3 is 6.29 Å². The Kier molecular flexibility index (Phi) is 15.3. The lowest BCUT2D eigenvalue weighted by molar-refractivity contribution is -0.234. The van der Waals surface area contributed by atoms with E-state index in [4.69, 9.17) is 19.3 Å². The molecule has 3 aliphatic heterocycles. The number of ketones is 3. The van der Waals surface area contributed by atoms with Crippen molar-refractivity contribution < 1.29 is 53.8 Å². The average molecular weight is 700 g/mol. The van der Waals surface area contributed by atoms with Crippen molar-refractivity contribution >= 4 is 23.3 Å². The molecule has 1 aromatic carbocycles. The summed E-state index contributed by atoms with van der Waals surface area (Å²) in [5.74, 6) is -5.28. The van der Waals surface area contributed by atoms with E-state index in [-0.39, 0.29) is 57.0 Å². The van der Waals surface area contributed by atoms with Crippen LogP contribution in [0.15, 0.2) is 47.9 Å². The zero-order valence-corrected chi connectivity index (χ0v) is 30.7. The Morgan fingerprint density at radius 3 is 2.26 bits per heavy atom. The van der Waals surface area contributed by atoms with E-state index < -0.39 is 53.3 Å². The number of aromatic hydroxyl groups is 1. The predicted octanol–water partition coefficient (Wildman–Crippen LogP) is 5.22. The van der Waals surface area contributed by atoms with Gasteiger partial charge in [0, 0.05) is 30.2 Å². The Morgan fingerprint density at radius 2 is 1.64 bits per heavy atom. The fourth-order valence-corrected chi connectivity index (χ4v) is 6.06. The monoisotopic (exact) mass is 699 g/mol. The fraction of sp³-hybridized carbons (Fsp3) is 0.526. The van der Waals surface area contributed by atoms with Crippen molar-refractivity contribution in [2.75, 3.05) is 7.11 Å². The standard InChI is InChI=1S/C35H43NO10.C2H6.CH4O/c1-17-11-10-12-18(2)33(42)36-22-16-24(38)25-26(29(22)40)28(39)21(5)32-27(25)30(41)34(45-32)44-14-9-8-13-23(37)20(4)31(19(3)15-17)46-35(6,7)43;2*1-2/h9-12,14,16-17,19-20,23,31,34,37,39,43H,8,13,15H2,1-7H3,(H,36,42);1-2H3;2H,1H3/b11-10+,14-9+,18-12-;;/t17?,19-,20+,23?,31?,34?;;/m1../s1. The van der Waals surface area contributed by atoms with Crippen molar-refractivity contribution in [2.24, 2.45) is 17.8 Å². The molecule has 0 fully saturated rings. The van der Waals surface area contributed by atoms with Gasteiger partial charge in [-0.25, -0.2) is 0 Å². The van der Waals surface area contributed by atoms with Crippen LogP contribution in [0.4, 0.5) is 0 Å². The van der Waals surface area contributed by atoms with Crippen LogP contribution in [0.5, 0.6) is 11.5 Å². The van der Waals surface area contributed by atoms with Gasteiger partial charge in [-0.15, -0.1) is 0 Å². The van der Waals surface area contributed by atoms with E-state index in [1.54, 1.807) is 39.0 Å². The summed E-state index contributed by atoms with van der Waals surface area (Å²) in [5, 5.41) is 41.9. The molecule has 5 N–H and O–H groups in total. The molecule has 0 saturated heterocycles. The number of fused-ring (bicyclic) bond motifs is 14. The van der Waals surface area contributed by atoms with E-state index in [0.29, 0.717) is 19.3 Å². The van der Waals surface area contributed by atoms with Crippen molar-refractivity contribution in [2.45, 2.75) is 106 Å². The van der Waals surface area contributed by atoms with E-state index in [9.17, 15) is 34.5 Å². The summed E-state index contributed by atoms with van der Waals surface area (Å²) in [4.78, 5) is 53.1. The number of rotatable bonds is 2. The number of amides is 1. The summed E-state index contributed by atoms with van der Waals surface area (Å²) in [6.45, 7) is 16.0. The van der Waals surface area contributed by atoms with Gasteiger partial charge in [-0.3, -0.25) is 19.2 Å². The molecule has 0 aromatic heterocycles. The van der Waals surface area contributed by atoms with Gasteiger partial charge in [0.25, 0.3) is 5.91 Å². The number of aliphatic hydroxyl groups is 3. The number of carbonyl (C=O) groups is 4. The molecule has 1 amide bonds. The molecule has 12 heteroatoms. The number of phenols is 1. The molecular weight excluding hydrogens is 646 g/mol. The van der Waals surface area contributed by atoms with Crippen LogP contribution >= 0.6 is 0 Å². The minimum atomic E-state index is -1.47. The number of Topliss-reactive ketones (excluding diaryl/α,β-unsaturated/α-hetero) is 2. The SMILES string of the molecule is C/C1=C/C=C/C(C)C[C@@H](C)C(OC(C)(C)O)[C@@H](C)C(O)CC/C=C/OC2Oc3c(C)c(O)c4c(c3C2=O)C(=O)C=C(NC1=O)C4=O.CC.CO. The first-order valence-electron chi connectivity index (χ1n) is 16.9. The highest BCUT2D eigenvalue weighted by atomic mass is 16.7. The lowest BCUT2D eigenvalue weighted by Gasteiger charge is -2.37. The van der Waals surface area contributed by atoms with Crippen LogP contribution in [0, 0.1) is 24.7 Å². The minimum Gasteiger partial charge on any atom is -0.507 e. The molecule has 0 radical (unpaired) electrons. The van der Waals surface area contributed by atoms with Crippen LogP contribution in [0.3, 0.4) is 0 Å². The third kappa shape index (κ3) is 9.78. The first kappa shape index (κ1) is 42.1. The van der Waals surface area contributed by atoms with Crippen LogP contribution < -0.4 is 10.1 Å². The number of hydrogen-bond acceptors (Lipinski definition) is 11. The molecule has 276 valence electrons. The van der Waals surface area contributed by atoms with Crippen molar-refractivity contribution in [1.82, 2.24) is 5.32 Å². The van der Waals surface area contributed by atoms with Gasteiger partial charge in [0.05, 0.1) is 40.9 Å². The van der Waals surface area contributed by atoms with Crippen molar-refractivity contribution in [3.8, 4) is 11.5 Å². The second-order valence-corrected chi connectivity index (χ2v) is 12.9. The summed E-state index contributed by atoms with van der Waals surface area (Å²) < 4.78 is 17.3. The lowest BCUT2D eigenvalue weighted by Crippen LogP contribution is -2.42. The third-order valence-corrected chi connectivity index (χ3v) is 8.51. The first-order chi connectivity index (χ1) is 23.5. The number of nitrogens with one attached hydrogen (secondary N) is 1. The van der Waals surface area contributed by atoms with Gasteiger partial charge in [0.2, 0.25) is 11.6 Å². The normalized spacial score (nSPS) is 28.3. The largest absolute Gasteiger partial charge is 0.507 e. The minimum absolute atomic E-state index is 0.0411. The molecule has 4 aliphatic rings. The summed E-state index contributed by atoms with van der Waals surface area (Å²) >= 11 is 0. The molecule has 0 saturated carbocycles. The van der Waals surface area contributed by atoms with Crippen LogP contribution in [-0.4, -0.2) is 75.1 Å². The number of benzene rings is 1. The number of allylic oxidation sites excluding steroid dienone is 6. The lowest BCUT2D eigenvalue weighted by atomic mass is 9.83. The van der Waals surface area contributed by atoms with Gasteiger partial charge in [-0.2, -0.15) is 0 Å². The highest BCUT2D eigenvalue weighted by Crippen LogP contribution is 2.45. The second-order valence-electron chi connectivity index (χ2n) is 12.9. The van der Waals surface area contributed by atoms with E-state index in [0.717, 1.165) is 13.2 Å². The summed E-state index contributed by atoms with van der Waals surface area (Å²) in [5.41, 5.74) is -0.883. The zero-order valence-electron chi connectivity index (χ0n) is 30.7. The van der Waals surface area contributed by atoms with Gasteiger partial charge in [0.15, 0.2) is 11.6 Å². The number of hydrogen-bond donors (Lipinski definition) is 5. The summed E-state index contributed by atoms with van der Waals surface area (Å²) in [6.07, 6.45) is 7.70. The van der Waals surface area contributed by atoms with Crippen molar-refractivity contribution in [3.05, 3.63) is 70.2 Å². The van der Waals surface area contributed by atoms with Crippen LogP contribution in [0.2, 0.25) is 0 Å². The molecule has 6 atom stereocenters. The Hall–Kier alpha value is -4.10. The smallest absolute Gasteiger partial charge is 0.304 e. The molecule has 50 heavy (non-hydrogen) atoms. The number of carbonyl (C=O) groups excluding carboxylic acids is 4. The van der Waals surface area contributed by atoms with Gasteiger partial charge in [-0.1, -0.05) is 52.8 Å². The fourth-order valence-electron chi connectivity index (χ4n) is 6.06. The van der Waals surface area contributed by atoms with Gasteiger partial charge < -0.3 is 40.0 Å². The molecular formula is C38H53NO11. The molecule has 1 aromatic rings. The Balaban J connectivity index is 0.00000209. The summed E-state index contributed by atoms with van der Waals surface area (Å²) in [6, 6.07) is 0. The van der Waals surface area contributed by atoms with E-state index >= 15 is 0 Å². The van der Waals surface area contributed by atoms with E-state index in [2.05, 4.69) is 5.32 Å². The average Bonchev–Trinajstić information content (AvgIpc) is 3.39. The molecule has 5 bridgehead atoms. The van der Waals surface area contributed by atoms with Crippen LogP contribution in [0.1, 0.15) is 111 Å². The Bertz CT molecular complexity index is 1550. The van der Waals surface area contributed by atoms with E-state index in [1.807, 2.05) is 40.7 Å². The molecule has 1 aliphatic carbocycles. The Labute approximate surface area is 294 Å². The maximum absolute atomic E-state index is 13.5. The topological polar surface area (TPSA) is 189 Å². The van der Waals surface area contributed by atoms with Crippen molar-refractivity contribution in [1.29, 1.82) is 0 Å². The van der Waals surface area contributed by atoms with Crippen molar-refractivity contribution in [3.63, 3.8) is 0 Å². The number of ether oxygens (including phenoxy) is 3. The highest BCUT2D eigenvalue weighted by Gasteiger charge is 2.44. The van der Waals surface area contributed by atoms with Gasteiger partial charge in [0.1, 0.15) is 11.5 Å². The number of phenolic OH excluding ortho intramolecular Hbond substituents is 1. The summed E-state index contributed by atoms with van der Waals surface area (Å²) in [7, 11) is 1.00. The molecule has 5 rings (SSSR count).